The second-order valence-electron chi connectivity index (χ2n) is 7.35. The van der Waals surface area contributed by atoms with Crippen molar-refractivity contribution in [2.75, 3.05) is 26.3 Å². The molecule has 2 aliphatic rings. The third-order valence-corrected chi connectivity index (χ3v) is 5.12. The zero-order chi connectivity index (χ0) is 18.4. The van der Waals surface area contributed by atoms with Gasteiger partial charge in [-0.3, -0.25) is 4.79 Å². The van der Waals surface area contributed by atoms with Gasteiger partial charge in [0.15, 0.2) is 0 Å². The van der Waals surface area contributed by atoms with Crippen molar-refractivity contribution < 1.29 is 27.6 Å². The lowest BCUT2D eigenvalue weighted by Gasteiger charge is -2.32. The average molecular weight is 353 g/mol. The molecule has 2 fully saturated rings. The minimum Gasteiger partial charge on any atom is -0.399 e. The largest absolute Gasteiger partial charge is 0.497 e. The lowest BCUT2D eigenvalue weighted by atomic mass is 9.78. The number of amides is 1. The Morgan fingerprint density at radius 3 is 2.16 bits per heavy atom. The van der Waals surface area contributed by atoms with Crippen molar-refractivity contribution in [3.05, 3.63) is 29.3 Å². The fraction of sp³-hybridized carbons (Fsp3) is 0.588. The van der Waals surface area contributed by atoms with Crippen molar-refractivity contribution in [3.63, 3.8) is 0 Å². The van der Waals surface area contributed by atoms with Crippen LogP contribution in [0.15, 0.2) is 12.1 Å². The summed E-state index contributed by atoms with van der Waals surface area (Å²) < 4.78 is 45.8. The van der Waals surface area contributed by atoms with E-state index in [0.29, 0.717) is 26.3 Å². The van der Waals surface area contributed by atoms with Crippen LogP contribution in [0, 0.1) is 11.6 Å². The van der Waals surface area contributed by atoms with Crippen LogP contribution in [0.25, 0.3) is 0 Å². The highest BCUT2D eigenvalue weighted by Crippen LogP contribution is 2.36. The third-order valence-electron chi connectivity index (χ3n) is 5.12. The molecular formula is C17H22BF2NO4. The molecule has 136 valence electrons. The smallest absolute Gasteiger partial charge is 0.399 e. The Bertz CT molecular complexity index is 673. The predicted octanol–water partition coefficient (Wildman–Crippen LogP) is 1.74. The van der Waals surface area contributed by atoms with Gasteiger partial charge in [0.05, 0.1) is 30.0 Å². The molecule has 3 rings (SSSR count). The van der Waals surface area contributed by atoms with Gasteiger partial charge in [0, 0.05) is 18.6 Å². The topological polar surface area (TPSA) is 48.0 Å². The summed E-state index contributed by atoms with van der Waals surface area (Å²) in [6, 6.07) is 1.92. The predicted molar refractivity (Wildman–Crippen MR) is 88.8 cm³/mol. The molecule has 8 heteroatoms. The lowest BCUT2D eigenvalue weighted by Crippen LogP contribution is -2.42. The molecule has 2 aliphatic heterocycles. The van der Waals surface area contributed by atoms with Crippen molar-refractivity contribution in [1.82, 2.24) is 4.90 Å². The molecule has 0 saturated carbocycles. The molecule has 0 spiro atoms. The maximum Gasteiger partial charge on any atom is 0.497 e. The Labute approximate surface area is 146 Å². The zero-order valence-corrected chi connectivity index (χ0v) is 14.9. The number of rotatable bonds is 2. The Morgan fingerprint density at radius 2 is 1.60 bits per heavy atom. The van der Waals surface area contributed by atoms with Crippen LogP contribution in [0.5, 0.6) is 0 Å². The van der Waals surface area contributed by atoms with Crippen molar-refractivity contribution >= 4 is 18.5 Å². The van der Waals surface area contributed by atoms with Crippen molar-refractivity contribution in [1.29, 1.82) is 0 Å². The summed E-state index contributed by atoms with van der Waals surface area (Å²) in [5.74, 6) is -2.06. The van der Waals surface area contributed by atoms with Gasteiger partial charge in [-0.15, -0.1) is 0 Å². The standard InChI is InChI=1S/C17H22BF2NO4/c1-16(2)17(3,4)25-18(24-16)12-10-13(19)11(9-14(12)20)15(22)21-5-7-23-8-6-21/h9-10H,5-8H2,1-4H3. The molecule has 0 atom stereocenters. The molecule has 25 heavy (non-hydrogen) atoms. The monoisotopic (exact) mass is 353 g/mol. The Morgan fingerprint density at radius 1 is 1.04 bits per heavy atom. The summed E-state index contributed by atoms with van der Waals surface area (Å²) in [5, 5.41) is 0. The van der Waals surface area contributed by atoms with E-state index >= 15 is 0 Å². The molecule has 1 amide bonds. The molecule has 1 aromatic rings. The van der Waals surface area contributed by atoms with Crippen LogP contribution in [0.4, 0.5) is 8.78 Å². The first-order valence-electron chi connectivity index (χ1n) is 8.34. The molecule has 0 bridgehead atoms. The highest BCUT2D eigenvalue weighted by Gasteiger charge is 2.52. The first kappa shape index (κ1) is 18.3. The maximum atomic E-state index is 14.6. The highest BCUT2D eigenvalue weighted by atomic mass is 19.1. The van der Waals surface area contributed by atoms with E-state index in [2.05, 4.69) is 0 Å². The number of morpholine rings is 1. The van der Waals surface area contributed by atoms with E-state index in [4.69, 9.17) is 14.0 Å². The summed E-state index contributed by atoms with van der Waals surface area (Å²) in [5.41, 5.74) is -1.67. The number of hydrogen-bond donors (Lipinski definition) is 0. The number of nitrogens with zero attached hydrogens (tertiary/aromatic N) is 1. The minimum atomic E-state index is -1.02. The van der Waals surface area contributed by atoms with Gasteiger partial charge in [-0.2, -0.15) is 0 Å². The van der Waals surface area contributed by atoms with Crippen LogP contribution in [-0.4, -0.2) is 55.4 Å². The summed E-state index contributed by atoms with van der Waals surface area (Å²) in [6.07, 6.45) is 0. The van der Waals surface area contributed by atoms with Crippen LogP contribution in [0.3, 0.4) is 0 Å². The van der Waals surface area contributed by atoms with E-state index in [0.717, 1.165) is 12.1 Å². The number of hydrogen-bond acceptors (Lipinski definition) is 4. The van der Waals surface area contributed by atoms with Crippen molar-refractivity contribution in [2.45, 2.75) is 38.9 Å². The van der Waals surface area contributed by atoms with E-state index < -0.39 is 35.9 Å². The van der Waals surface area contributed by atoms with Gasteiger partial charge in [-0.1, -0.05) is 0 Å². The first-order chi connectivity index (χ1) is 11.6. The number of carbonyl (C=O) groups is 1. The van der Waals surface area contributed by atoms with E-state index in [1.54, 1.807) is 0 Å². The molecular weight excluding hydrogens is 331 g/mol. The van der Waals surface area contributed by atoms with E-state index in [-0.39, 0.29) is 11.0 Å². The fourth-order valence-electron chi connectivity index (χ4n) is 2.81. The molecule has 5 nitrogen and oxygen atoms in total. The SMILES string of the molecule is CC1(C)OB(c2cc(F)c(C(=O)N3CCOCC3)cc2F)OC1(C)C. The summed E-state index contributed by atoms with van der Waals surface area (Å²) in [7, 11) is -1.02. The highest BCUT2D eigenvalue weighted by molar-refractivity contribution is 6.62. The number of carbonyl (C=O) groups excluding carboxylic acids is 1. The molecule has 0 unspecified atom stereocenters. The Kier molecular flexibility index (Phi) is 4.64. The molecule has 0 N–H and O–H groups in total. The third kappa shape index (κ3) is 3.30. The van der Waals surface area contributed by atoms with Crippen LogP contribution < -0.4 is 5.46 Å². The van der Waals surface area contributed by atoms with Crippen molar-refractivity contribution in [3.8, 4) is 0 Å². The first-order valence-corrected chi connectivity index (χ1v) is 8.34. The van der Waals surface area contributed by atoms with Gasteiger partial charge in [0.25, 0.3) is 5.91 Å². The lowest BCUT2D eigenvalue weighted by molar-refractivity contribution is 0.00578. The van der Waals surface area contributed by atoms with Gasteiger partial charge < -0.3 is 18.9 Å². The molecule has 0 radical (unpaired) electrons. The van der Waals surface area contributed by atoms with Gasteiger partial charge in [0.2, 0.25) is 0 Å². The number of ether oxygens (including phenoxy) is 1. The van der Waals surface area contributed by atoms with E-state index in [1.807, 2.05) is 27.7 Å². The number of halogens is 2. The van der Waals surface area contributed by atoms with Crippen molar-refractivity contribution in [2.24, 2.45) is 0 Å². The second-order valence-corrected chi connectivity index (χ2v) is 7.35. The molecule has 0 aliphatic carbocycles. The van der Waals surface area contributed by atoms with Crippen LogP contribution in [0.2, 0.25) is 0 Å². The number of benzene rings is 1. The summed E-state index contributed by atoms with van der Waals surface area (Å²) in [4.78, 5) is 13.9. The van der Waals surface area contributed by atoms with Crippen LogP contribution in [-0.2, 0) is 14.0 Å². The molecule has 2 saturated heterocycles. The van der Waals surface area contributed by atoms with Gasteiger partial charge >= 0.3 is 7.12 Å². The molecule has 1 aromatic carbocycles. The quantitative estimate of drug-likeness (QED) is 0.760. The fourth-order valence-corrected chi connectivity index (χ4v) is 2.81. The summed E-state index contributed by atoms with van der Waals surface area (Å²) >= 11 is 0. The van der Waals surface area contributed by atoms with Crippen LogP contribution >= 0.6 is 0 Å². The summed E-state index contributed by atoms with van der Waals surface area (Å²) in [6.45, 7) is 8.83. The molecule has 0 aromatic heterocycles. The van der Waals surface area contributed by atoms with Crippen LogP contribution in [0.1, 0.15) is 38.1 Å². The van der Waals surface area contributed by atoms with Gasteiger partial charge in [0.1, 0.15) is 11.6 Å². The average Bonchev–Trinajstić information content (AvgIpc) is 2.77. The Balaban J connectivity index is 1.87. The molecule has 2 heterocycles. The van der Waals surface area contributed by atoms with E-state index in [9.17, 15) is 13.6 Å². The van der Waals surface area contributed by atoms with Gasteiger partial charge in [-0.05, 0) is 39.8 Å². The maximum absolute atomic E-state index is 14.6. The second kappa shape index (κ2) is 6.34. The van der Waals surface area contributed by atoms with Gasteiger partial charge in [-0.25, -0.2) is 8.78 Å². The normalized spacial score (nSPS) is 22.3. The zero-order valence-electron chi connectivity index (χ0n) is 14.9. The Hall–Kier alpha value is -1.51. The van der Waals surface area contributed by atoms with E-state index in [1.165, 1.54) is 4.90 Å². The minimum absolute atomic E-state index is 0.0466.